The highest BCUT2D eigenvalue weighted by atomic mass is 16.4. The van der Waals surface area contributed by atoms with Crippen LogP contribution in [0.15, 0.2) is 18.2 Å². The lowest BCUT2D eigenvalue weighted by Crippen LogP contribution is -2.23. The molecule has 1 aromatic rings. The van der Waals surface area contributed by atoms with E-state index >= 15 is 0 Å². The lowest BCUT2D eigenvalue weighted by atomic mass is 9.98. The molecule has 0 fully saturated rings. The molecule has 3 heteroatoms. The molecule has 1 heterocycles. The maximum atomic E-state index is 10.9. The SMILES string of the molecule is CC(C(=O)O)c1ccc2c(c1)N(C)C(C)C2. The van der Waals surface area contributed by atoms with Gasteiger partial charge in [-0.25, -0.2) is 0 Å². The van der Waals surface area contributed by atoms with Gasteiger partial charge in [0.1, 0.15) is 0 Å². The molecule has 1 N–H and O–H groups in total. The van der Waals surface area contributed by atoms with Crippen molar-refractivity contribution in [3.05, 3.63) is 29.3 Å². The first kappa shape index (κ1) is 11.0. The topological polar surface area (TPSA) is 40.5 Å². The molecule has 0 saturated heterocycles. The van der Waals surface area contributed by atoms with E-state index in [9.17, 15) is 4.79 Å². The van der Waals surface area contributed by atoms with Gasteiger partial charge in [0, 0.05) is 18.8 Å². The van der Waals surface area contributed by atoms with E-state index in [1.807, 2.05) is 12.1 Å². The minimum Gasteiger partial charge on any atom is -0.481 e. The average Bonchev–Trinajstić information content (AvgIpc) is 2.53. The summed E-state index contributed by atoms with van der Waals surface area (Å²) in [4.78, 5) is 13.1. The summed E-state index contributed by atoms with van der Waals surface area (Å²) in [6.07, 6.45) is 1.05. The molecule has 0 radical (unpaired) electrons. The van der Waals surface area contributed by atoms with Crippen molar-refractivity contribution in [3.8, 4) is 0 Å². The number of hydrogen-bond acceptors (Lipinski definition) is 2. The van der Waals surface area contributed by atoms with Gasteiger partial charge in [-0.2, -0.15) is 0 Å². The van der Waals surface area contributed by atoms with Crippen molar-refractivity contribution in [3.63, 3.8) is 0 Å². The van der Waals surface area contributed by atoms with Crippen LogP contribution in [0.5, 0.6) is 0 Å². The molecular formula is C13H17NO2. The van der Waals surface area contributed by atoms with E-state index in [1.54, 1.807) is 6.92 Å². The highest BCUT2D eigenvalue weighted by molar-refractivity contribution is 5.76. The van der Waals surface area contributed by atoms with Gasteiger partial charge in [-0.1, -0.05) is 12.1 Å². The second kappa shape index (κ2) is 3.81. The highest BCUT2D eigenvalue weighted by Crippen LogP contribution is 2.33. The molecule has 0 saturated carbocycles. The molecule has 16 heavy (non-hydrogen) atoms. The van der Waals surface area contributed by atoms with Crippen LogP contribution in [0.3, 0.4) is 0 Å². The second-order valence-electron chi connectivity index (χ2n) is 4.61. The number of likely N-dealkylation sites (N-methyl/N-ethyl adjacent to an activating group) is 1. The number of nitrogens with zero attached hydrogens (tertiary/aromatic N) is 1. The predicted molar refractivity (Wildman–Crippen MR) is 64.1 cm³/mol. The largest absolute Gasteiger partial charge is 0.481 e. The van der Waals surface area contributed by atoms with Gasteiger partial charge in [0.2, 0.25) is 0 Å². The van der Waals surface area contributed by atoms with Crippen molar-refractivity contribution in [2.45, 2.75) is 32.2 Å². The van der Waals surface area contributed by atoms with Gasteiger partial charge in [-0.3, -0.25) is 4.79 Å². The van der Waals surface area contributed by atoms with E-state index in [2.05, 4.69) is 24.9 Å². The number of carboxylic acids is 1. The summed E-state index contributed by atoms with van der Waals surface area (Å²) in [5.41, 5.74) is 3.38. The lowest BCUT2D eigenvalue weighted by molar-refractivity contribution is -0.138. The van der Waals surface area contributed by atoms with Crippen LogP contribution < -0.4 is 4.90 Å². The van der Waals surface area contributed by atoms with Crippen molar-refractivity contribution >= 4 is 11.7 Å². The minimum absolute atomic E-state index is 0.436. The van der Waals surface area contributed by atoms with Crippen LogP contribution in [0.1, 0.15) is 30.9 Å². The van der Waals surface area contributed by atoms with Gasteiger partial charge >= 0.3 is 5.97 Å². The summed E-state index contributed by atoms with van der Waals surface area (Å²) in [7, 11) is 2.06. The monoisotopic (exact) mass is 219 g/mol. The van der Waals surface area contributed by atoms with Gasteiger partial charge in [-0.05, 0) is 37.5 Å². The van der Waals surface area contributed by atoms with Gasteiger partial charge in [0.15, 0.2) is 0 Å². The maximum Gasteiger partial charge on any atom is 0.310 e. The first-order chi connectivity index (χ1) is 7.50. The third kappa shape index (κ3) is 1.66. The zero-order valence-electron chi connectivity index (χ0n) is 9.90. The van der Waals surface area contributed by atoms with E-state index in [-0.39, 0.29) is 0 Å². The normalized spacial score (nSPS) is 20.7. The molecule has 3 nitrogen and oxygen atoms in total. The quantitative estimate of drug-likeness (QED) is 0.829. The van der Waals surface area contributed by atoms with Crippen LogP contribution in [0.4, 0.5) is 5.69 Å². The van der Waals surface area contributed by atoms with Crippen LogP contribution in [0.2, 0.25) is 0 Å². The van der Waals surface area contributed by atoms with E-state index in [4.69, 9.17) is 5.11 Å². The average molecular weight is 219 g/mol. The zero-order chi connectivity index (χ0) is 11.9. The van der Waals surface area contributed by atoms with Gasteiger partial charge in [-0.15, -0.1) is 0 Å². The molecule has 0 aromatic heterocycles. The van der Waals surface area contributed by atoms with Crippen molar-refractivity contribution in [2.75, 3.05) is 11.9 Å². The number of aliphatic carboxylic acids is 1. The second-order valence-corrected chi connectivity index (χ2v) is 4.61. The Labute approximate surface area is 95.7 Å². The Morgan fingerprint density at radius 1 is 1.56 bits per heavy atom. The minimum atomic E-state index is -0.770. The fourth-order valence-electron chi connectivity index (χ4n) is 2.19. The van der Waals surface area contributed by atoms with Crippen LogP contribution in [-0.4, -0.2) is 24.2 Å². The number of rotatable bonds is 2. The Kier molecular flexibility index (Phi) is 2.62. The van der Waals surface area contributed by atoms with Crippen LogP contribution in [0, 0.1) is 0 Å². The summed E-state index contributed by atoms with van der Waals surface area (Å²) in [5, 5.41) is 8.99. The third-order valence-electron chi connectivity index (χ3n) is 3.54. The summed E-state index contributed by atoms with van der Waals surface area (Å²) < 4.78 is 0. The Hall–Kier alpha value is -1.51. The predicted octanol–water partition coefficient (Wildman–Crippen LogP) is 2.26. The standard InChI is InChI=1S/C13H17NO2/c1-8-6-11-5-4-10(9(2)13(15)16)7-12(11)14(8)3/h4-5,7-9H,6H2,1-3H3,(H,15,16). The summed E-state index contributed by atoms with van der Waals surface area (Å²) >= 11 is 0. The third-order valence-corrected chi connectivity index (χ3v) is 3.54. The number of benzene rings is 1. The molecule has 0 bridgehead atoms. The number of carbonyl (C=O) groups is 1. The summed E-state index contributed by atoms with van der Waals surface area (Å²) in [5.74, 6) is -1.21. The smallest absolute Gasteiger partial charge is 0.310 e. The summed E-state index contributed by atoms with van der Waals surface area (Å²) in [6.45, 7) is 3.91. The Morgan fingerprint density at radius 3 is 2.88 bits per heavy atom. The molecule has 2 unspecified atom stereocenters. The first-order valence-electron chi connectivity index (χ1n) is 5.59. The fourth-order valence-corrected chi connectivity index (χ4v) is 2.19. The molecule has 0 spiro atoms. The lowest BCUT2D eigenvalue weighted by Gasteiger charge is -2.19. The summed E-state index contributed by atoms with van der Waals surface area (Å²) in [6, 6.07) is 6.51. The maximum absolute atomic E-state index is 10.9. The van der Waals surface area contributed by atoms with Crippen molar-refractivity contribution < 1.29 is 9.90 Å². The molecule has 0 amide bonds. The van der Waals surface area contributed by atoms with Crippen molar-refractivity contribution in [1.29, 1.82) is 0 Å². The van der Waals surface area contributed by atoms with Crippen molar-refractivity contribution in [2.24, 2.45) is 0 Å². The van der Waals surface area contributed by atoms with Crippen LogP contribution >= 0.6 is 0 Å². The molecule has 2 atom stereocenters. The van der Waals surface area contributed by atoms with Crippen LogP contribution in [0.25, 0.3) is 0 Å². The number of hydrogen-bond donors (Lipinski definition) is 1. The zero-order valence-corrected chi connectivity index (χ0v) is 9.90. The Balaban J connectivity index is 2.37. The fraction of sp³-hybridized carbons (Fsp3) is 0.462. The van der Waals surface area contributed by atoms with Crippen molar-refractivity contribution in [1.82, 2.24) is 0 Å². The molecule has 0 aliphatic carbocycles. The Morgan fingerprint density at radius 2 is 2.25 bits per heavy atom. The number of fused-ring (bicyclic) bond motifs is 1. The van der Waals surface area contributed by atoms with E-state index < -0.39 is 11.9 Å². The Bertz CT molecular complexity index is 428. The number of anilines is 1. The molecule has 86 valence electrons. The molecular weight excluding hydrogens is 202 g/mol. The molecule has 2 rings (SSSR count). The van der Waals surface area contributed by atoms with Gasteiger partial charge in [0.05, 0.1) is 5.92 Å². The van der Waals surface area contributed by atoms with E-state index in [1.165, 1.54) is 11.3 Å². The van der Waals surface area contributed by atoms with Crippen LogP contribution in [-0.2, 0) is 11.2 Å². The number of carboxylic acid groups (broad SMARTS) is 1. The molecule has 1 aliphatic heterocycles. The van der Waals surface area contributed by atoms with E-state index in [0.717, 1.165) is 12.0 Å². The van der Waals surface area contributed by atoms with Gasteiger partial charge < -0.3 is 10.0 Å². The molecule has 1 aromatic carbocycles. The highest BCUT2D eigenvalue weighted by Gasteiger charge is 2.24. The first-order valence-corrected chi connectivity index (χ1v) is 5.59. The molecule has 1 aliphatic rings. The van der Waals surface area contributed by atoms with E-state index in [0.29, 0.717) is 6.04 Å². The van der Waals surface area contributed by atoms with Gasteiger partial charge in [0.25, 0.3) is 0 Å².